The monoisotopic (exact) mass is 343 g/mol. The van der Waals surface area contributed by atoms with Gasteiger partial charge < -0.3 is 9.84 Å². The highest BCUT2D eigenvalue weighted by Crippen LogP contribution is 2.28. The fourth-order valence-electron chi connectivity index (χ4n) is 1.19. The van der Waals surface area contributed by atoms with Crippen LogP contribution in [0.1, 0.15) is 17.7 Å². The third-order valence-corrected chi connectivity index (χ3v) is 2.53. The van der Waals surface area contributed by atoms with E-state index in [1.807, 2.05) is 0 Å². The Morgan fingerprint density at radius 2 is 2.31 bits per heavy atom. The first kappa shape index (κ1) is 13.1. The highest BCUT2D eigenvalue weighted by Gasteiger charge is 2.18. The van der Waals surface area contributed by atoms with Crippen LogP contribution in [0.5, 0.6) is 5.75 Å². The molecule has 0 saturated heterocycles. The minimum Gasteiger partial charge on any atom is -0.494 e. The van der Waals surface area contributed by atoms with E-state index in [0.717, 1.165) is 6.07 Å². The van der Waals surface area contributed by atoms with Crippen molar-refractivity contribution in [3.8, 4) is 5.75 Å². The maximum absolute atomic E-state index is 12.4. The Balaban J connectivity index is 3.24. The molecular formula is C9H8F2INO3. The molecule has 1 aromatic rings. The van der Waals surface area contributed by atoms with Crippen molar-refractivity contribution in [2.24, 2.45) is 0 Å². The number of aliphatic carboxylic acids is 1. The van der Waals surface area contributed by atoms with Gasteiger partial charge >= 0.3 is 5.97 Å². The predicted molar refractivity (Wildman–Crippen MR) is 59.8 cm³/mol. The molecule has 0 atom stereocenters. The molecule has 0 aliphatic carbocycles. The molecule has 4 nitrogen and oxygen atoms in total. The third-order valence-electron chi connectivity index (χ3n) is 1.80. The Hall–Kier alpha value is -0.990. The number of rotatable bonds is 4. The molecule has 0 aliphatic heterocycles. The summed E-state index contributed by atoms with van der Waals surface area (Å²) in [6.45, 7) is 0. The van der Waals surface area contributed by atoms with Gasteiger partial charge in [-0.2, -0.15) is 0 Å². The minimum absolute atomic E-state index is 0.199. The van der Waals surface area contributed by atoms with Crippen molar-refractivity contribution >= 4 is 28.6 Å². The number of alkyl halides is 2. The quantitative estimate of drug-likeness (QED) is 0.673. The van der Waals surface area contributed by atoms with Crippen LogP contribution in [0.3, 0.4) is 0 Å². The first-order valence-electron chi connectivity index (χ1n) is 4.19. The molecule has 0 aromatic carbocycles. The van der Waals surface area contributed by atoms with Gasteiger partial charge in [0.15, 0.2) is 5.75 Å². The average molecular weight is 343 g/mol. The van der Waals surface area contributed by atoms with Crippen LogP contribution < -0.4 is 4.74 Å². The van der Waals surface area contributed by atoms with Crippen LogP contribution in [-0.2, 0) is 11.2 Å². The lowest BCUT2D eigenvalue weighted by molar-refractivity contribution is -0.136. The molecule has 1 rings (SSSR count). The molecule has 0 radical (unpaired) electrons. The van der Waals surface area contributed by atoms with Crippen molar-refractivity contribution in [1.29, 1.82) is 0 Å². The van der Waals surface area contributed by atoms with E-state index < -0.39 is 18.1 Å². The smallest absolute Gasteiger partial charge is 0.307 e. The summed E-state index contributed by atoms with van der Waals surface area (Å²) in [5, 5.41) is 8.64. The second-order valence-electron chi connectivity index (χ2n) is 2.90. The number of carboxylic acid groups (broad SMARTS) is 1. The maximum Gasteiger partial charge on any atom is 0.307 e. The number of halogens is 3. The van der Waals surface area contributed by atoms with Gasteiger partial charge in [0.25, 0.3) is 6.43 Å². The zero-order chi connectivity index (χ0) is 12.3. The van der Waals surface area contributed by atoms with Crippen LogP contribution in [0, 0.1) is 3.70 Å². The van der Waals surface area contributed by atoms with Crippen molar-refractivity contribution in [2.45, 2.75) is 12.8 Å². The minimum atomic E-state index is -2.73. The van der Waals surface area contributed by atoms with Crippen LogP contribution in [-0.4, -0.2) is 23.2 Å². The average Bonchev–Trinajstić information content (AvgIpc) is 2.16. The zero-order valence-corrected chi connectivity index (χ0v) is 10.4. The van der Waals surface area contributed by atoms with Gasteiger partial charge in [0.05, 0.1) is 13.5 Å². The normalized spacial score (nSPS) is 10.6. The summed E-state index contributed by atoms with van der Waals surface area (Å²) in [5.74, 6) is -0.882. The Labute approximate surface area is 104 Å². The maximum atomic E-state index is 12.4. The summed E-state index contributed by atoms with van der Waals surface area (Å²) in [7, 11) is 1.34. The number of hydrogen-bond donors (Lipinski definition) is 1. The van der Waals surface area contributed by atoms with Crippen molar-refractivity contribution in [3.05, 3.63) is 21.0 Å². The molecule has 0 saturated carbocycles. The number of ether oxygens (including phenoxy) is 1. The molecule has 0 amide bonds. The SMILES string of the molecule is COc1c(CC(=O)O)cc(C(F)F)nc1I. The molecule has 0 bridgehead atoms. The molecule has 0 aliphatic rings. The summed E-state index contributed by atoms with van der Waals surface area (Å²) in [4.78, 5) is 14.2. The van der Waals surface area contributed by atoms with Gasteiger partial charge in [0.1, 0.15) is 9.39 Å². The van der Waals surface area contributed by atoms with E-state index in [1.165, 1.54) is 7.11 Å². The van der Waals surface area contributed by atoms with Crippen LogP contribution >= 0.6 is 22.6 Å². The van der Waals surface area contributed by atoms with Gasteiger partial charge in [0, 0.05) is 5.56 Å². The second-order valence-corrected chi connectivity index (χ2v) is 3.92. The number of pyridine rings is 1. The van der Waals surface area contributed by atoms with Gasteiger partial charge in [0.2, 0.25) is 0 Å². The Kier molecular flexibility index (Phi) is 4.39. The van der Waals surface area contributed by atoms with Crippen molar-refractivity contribution < 1.29 is 23.4 Å². The number of carboxylic acids is 1. The fraction of sp³-hybridized carbons (Fsp3) is 0.333. The summed E-state index contributed by atoms with van der Waals surface area (Å²) in [6.07, 6.45) is -3.10. The first-order valence-corrected chi connectivity index (χ1v) is 5.26. The van der Waals surface area contributed by atoms with E-state index in [0.29, 0.717) is 0 Å². The summed E-state index contributed by atoms with van der Waals surface area (Å²) >= 11 is 1.73. The largest absolute Gasteiger partial charge is 0.494 e. The van der Waals surface area contributed by atoms with Gasteiger partial charge in [-0.1, -0.05) is 0 Å². The van der Waals surface area contributed by atoms with Crippen molar-refractivity contribution in [2.75, 3.05) is 7.11 Å². The second kappa shape index (κ2) is 5.37. The van der Waals surface area contributed by atoms with Crippen LogP contribution in [0.4, 0.5) is 8.78 Å². The first-order chi connectivity index (χ1) is 7.45. The van der Waals surface area contributed by atoms with Gasteiger partial charge in [-0.3, -0.25) is 4.79 Å². The van der Waals surface area contributed by atoms with Crippen molar-refractivity contribution in [3.63, 3.8) is 0 Å². The lowest BCUT2D eigenvalue weighted by atomic mass is 10.1. The van der Waals surface area contributed by atoms with Gasteiger partial charge in [-0.05, 0) is 28.7 Å². The molecule has 7 heteroatoms. The predicted octanol–water partition coefficient (Wildman–Crippen LogP) is 2.26. The molecule has 1 aromatic heterocycles. The van der Waals surface area contributed by atoms with E-state index >= 15 is 0 Å². The number of nitrogens with zero attached hydrogens (tertiary/aromatic N) is 1. The van der Waals surface area contributed by atoms with Crippen molar-refractivity contribution in [1.82, 2.24) is 4.98 Å². The summed E-state index contributed by atoms with van der Waals surface area (Å²) < 4.78 is 30.1. The lowest BCUT2D eigenvalue weighted by Gasteiger charge is -2.10. The molecule has 16 heavy (non-hydrogen) atoms. The Bertz CT molecular complexity index is 412. The molecule has 0 unspecified atom stereocenters. The Morgan fingerprint density at radius 1 is 1.69 bits per heavy atom. The number of hydrogen-bond acceptors (Lipinski definition) is 3. The number of methoxy groups -OCH3 is 1. The van der Waals surface area contributed by atoms with E-state index in [9.17, 15) is 13.6 Å². The molecule has 1 N–H and O–H groups in total. The molecule has 88 valence electrons. The van der Waals surface area contributed by atoms with Gasteiger partial charge in [-0.15, -0.1) is 0 Å². The lowest BCUT2D eigenvalue weighted by Crippen LogP contribution is -2.06. The summed E-state index contributed by atoms with van der Waals surface area (Å²) in [6, 6.07) is 1.06. The van der Waals surface area contributed by atoms with E-state index in [-0.39, 0.29) is 21.4 Å². The molecule has 1 heterocycles. The number of carbonyl (C=O) groups is 1. The van der Waals surface area contributed by atoms with Gasteiger partial charge in [-0.25, -0.2) is 13.8 Å². The van der Waals surface area contributed by atoms with E-state index in [4.69, 9.17) is 9.84 Å². The molecule has 0 fully saturated rings. The fourth-order valence-corrected chi connectivity index (χ4v) is 2.04. The van der Waals surface area contributed by atoms with E-state index in [1.54, 1.807) is 22.6 Å². The number of aromatic nitrogens is 1. The Morgan fingerprint density at radius 3 is 2.75 bits per heavy atom. The highest BCUT2D eigenvalue weighted by molar-refractivity contribution is 14.1. The summed E-state index contributed by atoms with van der Waals surface area (Å²) in [5.41, 5.74) is -0.244. The molecular weight excluding hydrogens is 335 g/mol. The van der Waals surface area contributed by atoms with Crippen LogP contribution in [0.2, 0.25) is 0 Å². The van der Waals surface area contributed by atoms with Crippen LogP contribution in [0.15, 0.2) is 6.07 Å². The molecule has 0 spiro atoms. The third kappa shape index (κ3) is 3.00. The standard InChI is InChI=1S/C9H8F2INO3/c1-16-7-4(3-6(14)15)2-5(8(10)11)13-9(7)12/h2,8H,3H2,1H3,(H,14,15). The van der Waals surface area contributed by atoms with E-state index in [2.05, 4.69) is 4.98 Å². The highest BCUT2D eigenvalue weighted by atomic mass is 127. The van der Waals surface area contributed by atoms with Crippen LogP contribution in [0.25, 0.3) is 0 Å². The zero-order valence-electron chi connectivity index (χ0n) is 8.21. The topological polar surface area (TPSA) is 59.4 Å².